The Bertz CT molecular complexity index is 2140. The molecule has 0 spiro atoms. The molecule has 2 N–H and O–H groups in total. The van der Waals surface area contributed by atoms with Crippen LogP contribution in [0.15, 0.2) is 97.5 Å². The van der Waals surface area contributed by atoms with Crippen LogP contribution in [0.1, 0.15) is 48.8 Å². The Labute approximate surface area is 293 Å². The third-order valence-corrected chi connectivity index (χ3v) is 9.54. The lowest BCUT2D eigenvalue weighted by molar-refractivity contribution is -0.130. The Hall–Kier alpha value is -5.12. The molecule has 248 valence electrons. The number of carbonyl (C=O) groups is 2. The van der Waals surface area contributed by atoms with Crippen molar-refractivity contribution in [2.24, 2.45) is 0 Å². The van der Waals surface area contributed by atoms with Crippen LogP contribution in [0.2, 0.25) is 10.0 Å². The standard InChI is InChI=1S/C38H34Cl2N6O3/c1-23(25-12-14-27(39)15-13-25)46-22-42-34(26-8-4-3-5-9-26)36(46)33-30-17-16-28(40)20-32(30)43-35(33)37(48)44-31-11-6-18-41-38(31)49-21-29-10-7-19-45(29)24(2)47/h3-6,8-9,11-18,20,22-23,29,43H,7,10,19,21H2,1-2H3,(H,44,48)/t23-,29+/m0/s1. The zero-order chi connectivity index (χ0) is 34.1. The van der Waals surface area contributed by atoms with Gasteiger partial charge in [0.2, 0.25) is 11.8 Å². The quantitative estimate of drug-likeness (QED) is 0.158. The number of aromatic amines is 1. The number of fused-ring (bicyclic) bond motifs is 1. The van der Waals surface area contributed by atoms with E-state index in [-0.39, 0.29) is 30.5 Å². The summed E-state index contributed by atoms with van der Waals surface area (Å²) in [5.41, 5.74) is 5.54. The average Bonchev–Trinajstić information content (AvgIpc) is 3.85. The van der Waals surface area contributed by atoms with E-state index in [1.165, 1.54) is 0 Å². The van der Waals surface area contributed by atoms with Crippen LogP contribution in [0.25, 0.3) is 33.4 Å². The minimum absolute atomic E-state index is 0.0200. The smallest absolute Gasteiger partial charge is 0.272 e. The number of nitrogens with one attached hydrogen (secondary N) is 2. The predicted molar refractivity (Wildman–Crippen MR) is 193 cm³/mol. The molecule has 0 radical (unpaired) electrons. The number of carbonyl (C=O) groups excluding carboxylic acids is 2. The predicted octanol–water partition coefficient (Wildman–Crippen LogP) is 8.65. The van der Waals surface area contributed by atoms with Gasteiger partial charge in [0.1, 0.15) is 18.0 Å². The Balaban J connectivity index is 1.32. The van der Waals surface area contributed by atoms with E-state index < -0.39 is 5.91 Å². The number of hydrogen-bond acceptors (Lipinski definition) is 5. The molecule has 49 heavy (non-hydrogen) atoms. The first-order chi connectivity index (χ1) is 23.8. The highest BCUT2D eigenvalue weighted by atomic mass is 35.5. The normalized spacial score (nSPS) is 15.0. The third kappa shape index (κ3) is 6.51. The molecular weight excluding hydrogens is 659 g/mol. The van der Waals surface area contributed by atoms with Crippen molar-refractivity contribution < 1.29 is 14.3 Å². The summed E-state index contributed by atoms with van der Waals surface area (Å²) in [4.78, 5) is 41.0. The van der Waals surface area contributed by atoms with Gasteiger partial charge in [-0.05, 0) is 61.7 Å². The van der Waals surface area contributed by atoms with E-state index in [0.717, 1.165) is 40.7 Å². The van der Waals surface area contributed by atoms with Crippen LogP contribution in [-0.2, 0) is 4.79 Å². The summed E-state index contributed by atoms with van der Waals surface area (Å²) < 4.78 is 8.21. The molecule has 1 aliphatic heterocycles. The van der Waals surface area contributed by atoms with Gasteiger partial charge in [-0.2, -0.15) is 0 Å². The maximum absolute atomic E-state index is 14.4. The number of anilines is 1. The van der Waals surface area contributed by atoms with Crippen molar-refractivity contribution in [2.45, 2.75) is 38.8 Å². The highest BCUT2D eigenvalue weighted by molar-refractivity contribution is 6.31. The lowest BCUT2D eigenvalue weighted by atomic mass is 9.99. The number of ether oxygens (including phenoxy) is 1. The van der Waals surface area contributed by atoms with E-state index in [9.17, 15) is 9.59 Å². The molecule has 0 unspecified atom stereocenters. The molecule has 11 heteroatoms. The van der Waals surface area contributed by atoms with Gasteiger partial charge in [-0.25, -0.2) is 9.97 Å². The molecule has 3 aromatic heterocycles. The number of H-pyrrole nitrogens is 1. The largest absolute Gasteiger partial charge is 0.474 e. The van der Waals surface area contributed by atoms with Gasteiger partial charge in [0.25, 0.3) is 5.91 Å². The fourth-order valence-corrected chi connectivity index (χ4v) is 6.88. The molecule has 2 amide bonds. The molecule has 4 heterocycles. The Morgan fingerprint density at radius 1 is 1.00 bits per heavy atom. The molecule has 0 saturated carbocycles. The molecule has 3 aromatic carbocycles. The van der Waals surface area contributed by atoms with Crippen LogP contribution in [0.5, 0.6) is 5.88 Å². The van der Waals surface area contributed by atoms with Gasteiger partial charge in [0.05, 0.1) is 29.8 Å². The Kier molecular flexibility index (Phi) is 9.12. The number of likely N-dealkylation sites (tertiary alicyclic amines) is 1. The summed E-state index contributed by atoms with van der Waals surface area (Å²) in [6.45, 7) is 4.64. The zero-order valence-electron chi connectivity index (χ0n) is 27.0. The third-order valence-electron chi connectivity index (χ3n) is 9.05. The van der Waals surface area contributed by atoms with Crippen molar-refractivity contribution in [3.05, 3.63) is 119 Å². The summed E-state index contributed by atoms with van der Waals surface area (Å²) in [5.74, 6) is -0.0952. The number of nitrogens with zero attached hydrogens (tertiary/aromatic N) is 4. The van der Waals surface area contributed by atoms with E-state index in [2.05, 4.69) is 26.8 Å². The van der Waals surface area contributed by atoms with Gasteiger partial charge in [-0.15, -0.1) is 0 Å². The molecule has 9 nitrogen and oxygen atoms in total. The maximum Gasteiger partial charge on any atom is 0.272 e. The SMILES string of the molecule is CC(=O)N1CCC[C@@H]1COc1ncccc1NC(=O)c1[nH]c2cc(Cl)ccc2c1-c1c(-c2ccccc2)ncn1[C@@H](C)c1ccc(Cl)cc1. The molecule has 7 rings (SSSR count). The van der Waals surface area contributed by atoms with Crippen LogP contribution in [-0.4, -0.2) is 55.4 Å². The summed E-state index contributed by atoms with van der Waals surface area (Å²) in [6, 6.07) is 26.4. The molecule has 0 bridgehead atoms. The number of aromatic nitrogens is 4. The van der Waals surface area contributed by atoms with Crippen molar-refractivity contribution in [1.82, 2.24) is 24.4 Å². The van der Waals surface area contributed by atoms with Crippen molar-refractivity contribution in [3.63, 3.8) is 0 Å². The molecule has 0 aliphatic carbocycles. The minimum Gasteiger partial charge on any atom is -0.474 e. The average molecular weight is 694 g/mol. The van der Waals surface area contributed by atoms with E-state index in [1.807, 2.05) is 84.0 Å². The number of pyridine rings is 1. The van der Waals surface area contributed by atoms with Gasteiger partial charge in [0, 0.05) is 51.7 Å². The van der Waals surface area contributed by atoms with Crippen LogP contribution < -0.4 is 10.1 Å². The van der Waals surface area contributed by atoms with Crippen LogP contribution in [0.4, 0.5) is 5.69 Å². The van der Waals surface area contributed by atoms with Crippen LogP contribution in [0.3, 0.4) is 0 Å². The first-order valence-corrected chi connectivity index (χ1v) is 16.9. The summed E-state index contributed by atoms with van der Waals surface area (Å²) in [5, 5.41) is 5.04. The molecular formula is C38H34Cl2N6O3. The van der Waals surface area contributed by atoms with Crippen LogP contribution >= 0.6 is 23.2 Å². The fraction of sp³-hybridized carbons (Fsp3) is 0.211. The number of benzene rings is 3. The Morgan fingerprint density at radius 3 is 2.55 bits per heavy atom. The van der Waals surface area contributed by atoms with E-state index >= 15 is 0 Å². The van der Waals surface area contributed by atoms with Gasteiger partial charge in [-0.1, -0.05) is 71.7 Å². The second kappa shape index (κ2) is 13.8. The first kappa shape index (κ1) is 32.4. The van der Waals surface area contributed by atoms with Crippen molar-refractivity contribution in [3.8, 4) is 28.4 Å². The molecule has 1 saturated heterocycles. The van der Waals surface area contributed by atoms with Crippen molar-refractivity contribution >= 4 is 51.6 Å². The van der Waals surface area contributed by atoms with Crippen molar-refractivity contribution in [1.29, 1.82) is 0 Å². The molecule has 1 fully saturated rings. The molecule has 6 aromatic rings. The maximum atomic E-state index is 14.4. The van der Waals surface area contributed by atoms with Crippen LogP contribution in [0, 0.1) is 0 Å². The molecule has 1 aliphatic rings. The number of imidazole rings is 1. The fourth-order valence-electron chi connectivity index (χ4n) is 6.58. The number of amides is 2. The van der Waals surface area contributed by atoms with Gasteiger partial charge in [0.15, 0.2) is 0 Å². The van der Waals surface area contributed by atoms with Crippen molar-refractivity contribution in [2.75, 3.05) is 18.5 Å². The Morgan fingerprint density at radius 2 is 1.78 bits per heavy atom. The zero-order valence-corrected chi connectivity index (χ0v) is 28.5. The number of rotatable bonds is 9. The summed E-state index contributed by atoms with van der Waals surface area (Å²) in [6.07, 6.45) is 5.20. The molecule has 2 atom stereocenters. The minimum atomic E-state index is -0.391. The van der Waals surface area contributed by atoms with Gasteiger partial charge < -0.3 is 24.5 Å². The summed E-state index contributed by atoms with van der Waals surface area (Å²) >= 11 is 12.7. The number of hydrogen-bond donors (Lipinski definition) is 2. The highest BCUT2D eigenvalue weighted by Crippen LogP contribution is 2.41. The van der Waals surface area contributed by atoms with Gasteiger partial charge >= 0.3 is 0 Å². The van der Waals surface area contributed by atoms with E-state index in [0.29, 0.717) is 39.1 Å². The van der Waals surface area contributed by atoms with E-state index in [1.54, 1.807) is 25.3 Å². The topological polar surface area (TPSA) is 105 Å². The number of halogens is 2. The first-order valence-electron chi connectivity index (χ1n) is 16.1. The monoisotopic (exact) mass is 692 g/mol. The second-order valence-electron chi connectivity index (χ2n) is 12.1. The van der Waals surface area contributed by atoms with E-state index in [4.69, 9.17) is 32.9 Å². The summed E-state index contributed by atoms with van der Waals surface area (Å²) in [7, 11) is 0. The lowest BCUT2D eigenvalue weighted by Crippen LogP contribution is -2.37. The van der Waals surface area contributed by atoms with Gasteiger partial charge in [-0.3, -0.25) is 9.59 Å². The highest BCUT2D eigenvalue weighted by Gasteiger charge is 2.30. The lowest BCUT2D eigenvalue weighted by Gasteiger charge is -2.23. The second-order valence-corrected chi connectivity index (χ2v) is 13.0.